The highest BCUT2D eigenvalue weighted by Crippen LogP contribution is 2.40. The molecule has 342 valence electrons. The summed E-state index contributed by atoms with van der Waals surface area (Å²) in [6.45, 7) is 7.77. The minimum atomic E-state index is -5.05. The van der Waals surface area contributed by atoms with E-state index in [0.29, 0.717) is 28.1 Å². The Morgan fingerprint density at radius 1 is 0.923 bits per heavy atom. The van der Waals surface area contributed by atoms with E-state index in [0.717, 1.165) is 43.2 Å². The lowest BCUT2D eigenvalue weighted by Gasteiger charge is -2.15. The number of aryl methyl sites for hydroxylation is 3. The average molecular weight is 952 g/mol. The summed E-state index contributed by atoms with van der Waals surface area (Å²) in [7, 11) is 0. The van der Waals surface area contributed by atoms with Crippen molar-refractivity contribution in [3.8, 4) is 21.3 Å². The lowest BCUT2D eigenvalue weighted by atomic mass is 9.99. The second-order valence-corrected chi connectivity index (χ2v) is 17.5. The number of aliphatic imine (C=N–C) groups is 1. The van der Waals surface area contributed by atoms with Crippen LogP contribution in [0.1, 0.15) is 73.7 Å². The Labute approximate surface area is 384 Å². The molecule has 15 nitrogen and oxygen atoms in total. The molecule has 7 rings (SSSR count). The van der Waals surface area contributed by atoms with Crippen molar-refractivity contribution in [1.82, 2.24) is 35.2 Å². The van der Waals surface area contributed by atoms with Gasteiger partial charge >= 0.3 is 6.36 Å². The van der Waals surface area contributed by atoms with Gasteiger partial charge in [-0.1, -0.05) is 41.9 Å². The van der Waals surface area contributed by atoms with E-state index in [1.54, 1.807) is 22.1 Å². The number of alkyl halides is 3. The molecular formula is C44H45ClF3N9O6S2. The first-order valence-corrected chi connectivity index (χ1v) is 22.6. The third-order valence-corrected chi connectivity index (χ3v) is 12.7. The van der Waals surface area contributed by atoms with Crippen molar-refractivity contribution in [3.05, 3.63) is 121 Å². The monoisotopic (exact) mass is 951 g/mol. The number of amides is 3. The smallest absolute Gasteiger partial charge is 0.405 e. The number of halogens is 4. The molecule has 0 aliphatic carbocycles. The Kier molecular flexibility index (Phi) is 15.1. The fourth-order valence-electron chi connectivity index (χ4n) is 7.22. The topological polar surface area (TPSA) is 190 Å². The van der Waals surface area contributed by atoms with Crippen LogP contribution in [0.5, 0.6) is 5.75 Å². The highest BCUT2D eigenvalue weighted by Gasteiger charge is 2.35. The van der Waals surface area contributed by atoms with Crippen molar-refractivity contribution in [2.24, 2.45) is 10.7 Å². The fourth-order valence-corrected chi connectivity index (χ4v) is 9.31. The van der Waals surface area contributed by atoms with Gasteiger partial charge in [0.25, 0.3) is 5.91 Å². The molecule has 0 fully saturated rings. The predicted octanol–water partition coefficient (Wildman–Crippen LogP) is 7.06. The van der Waals surface area contributed by atoms with Gasteiger partial charge in [-0.2, -0.15) is 5.10 Å². The summed E-state index contributed by atoms with van der Waals surface area (Å²) in [5, 5.41) is 22.6. The molecule has 5 heterocycles. The number of hydrogen-bond donors (Lipinski definition) is 3. The number of benzene rings is 2. The molecule has 0 bridgehead atoms. The molecule has 0 saturated heterocycles. The van der Waals surface area contributed by atoms with Gasteiger partial charge in [-0.25, -0.2) is 0 Å². The lowest BCUT2D eigenvalue weighted by Crippen LogP contribution is -2.29. The molecule has 0 saturated carbocycles. The number of hydrogen-bond acceptors (Lipinski definition) is 12. The van der Waals surface area contributed by atoms with Crippen LogP contribution in [-0.2, 0) is 32.0 Å². The molecule has 21 heteroatoms. The lowest BCUT2D eigenvalue weighted by molar-refractivity contribution is -0.275. The largest absolute Gasteiger partial charge is 0.573 e. The van der Waals surface area contributed by atoms with E-state index >= 15 is 0 Å². The number of nitrogens with two attached hydrogens (primary N) is 1. The number of carbonyl (C=O) groups excluding carboxylic acids is 3. The normalized spacial score (nSPS) is 13.5. The van der Waals surface area contributed by atoms with Crippen molar-refractivity contribution in [3.63, 3.8) is 0 Å². The molecule has 1 unspecified atom stereocenters. The summed E-state index contributed by atoms with van der Waals surface area (Å²) in [5.74, 6) is -0.909. The highest BCUT2D eigenvalue weighted by atomic mass is 35.5. The Morgan fingerprint density at radius 2 is 1.65 bits per heavy atom. The molecule has 3 amide bonds. The van der Waals surface area contributed by atoms with Gasteiger partial charge in [0.15, 0.2) is 5.82 Å². The molecule has 4 aromatic heterocycles. The van der Waals surface area contributed by atoms with Crippen molar-refractivity contribution < 1.29 is 41.8 Å². The van der Waals surface area contributed by atoms with Gasteiger partial charge in [0.1, 0.15) is 22.6 Å². The number of carbonyl (C=O) groups is 3. The van der Waals surface area contributed by atoms with E-state index < -0.39 is 29.6 Å². The minimum Gasteiger partial charge on any atom is -0.405 e. The number of para-hydroxylation sites is 1. The average Bonchev–Trinajstić information content (AvgIpc) is 4.06. The Hall–Kier alpha value is -5.93. The number of nitrogens with one attached hydrogen (secondary N) is 2. The maximum atomic E-state index is 13.3. The number of nitrogens with zero attached hydrogens (tertiary/aromatic N) is 6. The van der Waals surface area contributed by atoms with Gasteiger partial charge in [-0.15, -0.1) is 46.0 Å². The number of ether oxygens (including phenoxy) is 3. The Bertz CT molecular complexity index is 2680. The van der Waals surface area contributed by atoms with Crippen LogP contribution in [0, 0.1) is 20.8 Å². The molecule has 0 spiro atoms. The number of aromatic nitrogens is 5. The number of rotatable bonds is 20. The van der Waals surface area contributed by atoms with Gasteiger partial charge in [0.05, 0.1) is 66.9 Å². The number of primary amides is 1. The van der Waals surface area contributed by atoms with Crippen LogP contribution < -0.4 is 21.1 Å². The minimum absolute atomic E-state index is 0.0510. The zero-order chi connectivity index (χ0) is 46.3. The van der Waals surface area contributed by atoms with E-state index in [2.05, 4.69) is 44.5 Å². The summed E-state index contributed by atoms with van der Waals surface area (Å²) in [6, 6.07) is 16.3. The first kappa shape index (κ1) is 47.0. The van der Waals surface area contributed by atoms with Crippen LogP contribution in [0.4, 0.5) is 13.2 Å². The summed E-state index contributed by atoms with van der Waals surface area (Å²) in [5.41, 5.74) is 9.82. The molecule has 2 aromatic carbocycles. The zero-order valence-electron chi connectivity index (χ0n) is 35.5. The van der Waals surface area contributed by atoms with Crippen molar-refractivity contribution in [1.29, 1.82) is 0 Å². The quantitative estimate of drug-likeness (QED) is 0.0673. The van der Waals surface area contributed by atoms with Crippen molar-refractivity contribution >= 4 is 57.7 Å². The fraction of sp³-hybridized carbons (Fsp3) is 0.341. The van der Waals surface area contributed by atoms with E-state index in [1.165, 1.54) is 23.5 Å². The molecule has 1 aliphatic heterocycles. The summed E-state index contributed by atoms with van der Waals surface area (Å²) >= 11 is 9.30. The van der Waals surface area contributed by atoms with E-state index in [4.69, 9.17) is 31.8 Å². The highest BCUT2D eigenvalue weighted by molar-refractivity contribution is 7.15. The van der Waals surface area contributed by atoms with Crippen LogP contribution in [0.25, 0.3) is 15.6 Å². The molecule has 6 aromatic rings. The molecular weight excluding hydrogens is 907 g/mol. The standard InChI is InChI=1S/C44H45ClF3N9O6S2/c1-25-26(2)65-43-38(25)39(28-9-11-30(45)12-10-28)52-33(42-54-53-27(3)57(42)43)24-37(59)51-15-18-62-20-19-61-17-14-50-36(58)13-16-56-34(35-8-5-21-64-35)23-31(55-56)22-29-6-4-7-32(41(49)60)40(29)63-44(46,47)48/h4-12,21,23,33H,13-20,22,24H2,1-3H3,(H2,49,60)(H,50,58)(H,51,59). The van der Waals surface area contributed by atoms with Crippen LogP contribution in [0.3, 0.4) is 0 Å². The summed E-state index contributed by atoms with van der Waals surface area (Å²) in [6.07, 6.45) is -5.02. The van der Waals surface area contributed by atoms with E-state index in [9.17, 15) is 27.6 Å². The van der Waals surface area contributed by atoms with Gasteiger partial charge in [-0.3, -0.25) is 28.6 Å². The van der Waals surface area contributed by atoms with Gasteiger partial charge in [0.2, 0.25) is 11.8 Å². The number of thiophene rings is 2. The second kappa shape index (κ2) is 20.9. The summed E-state index contributed by atoms with van der Waals surface area (Å²) < 4.78 is 58.9. The molecule has 1 atom stereocenters. The van der Waals surface area contributed by atoms with E-state index in [1.807, 2.05) is 53.3 Å². The zero-order valence-corrected chi connectivity index (χ0v) is 37.9. The third kappa shape index (κ3) is 11.7. The predicted molar refractivity (Wildman–Crippen MR) is 240 cm³/mol. The third-order valence-electron chi connectivity index (χ3n) is 10.4. The number of fused-ring (bicyclic) bond motifs is 3. The summed E-state index contributed by atoms with van der Waals surface area (Å²) in [4.78, 5) is 45.0. The van der Waals surface area contributed by atoms with Crippen molar-refractivity contribution in [2.75, 3.05) is 39.5 Å². The van der Waals surface area contributed by atoms with Crippen LogP contribution in [-0.4, -0.2) is 93.9 Å². The molecule has 1 aliphatic rings. The van der Waals surface area contributed by atoms with Gasteiger partial charge in [0, 0.05) is 52.5 Å². The SMILES string of the molecule is Cc1sc2c(c1C)C(c1ccc(Cl)cc1)=NC(CC(=O)NCCOCCOCCNC(=O)CCn1nc(Cc3cccc(C(N)=O)c3OC(F)(F)F)cc1-c1cccs1)c1nnc(C)n1-2. The maximum absolute atomic E-state index is 13.3. The molecule has 0 radical (unpaired) electrons. The van der Waals surface area contributed by atoms with Gasteiger partial charge in [-0.05, 0) is 62.0 Å². The Morgan fingerprint density at radius 3 is 2.32 bits per heavy atom. The molecule has 65 heavy (non-hydrogen) atoms. The maximum Gasteiger partial charge on any atom is 0.573 e. The first-order valence-electron chi connectivity index (χ1n) is 20.5. The first-order chi connectivity index (χ1) is 31.2. The van der Waals surface area contributed by atoms with Crippen LogP contribution in [0.15, 0.2) is 71.0 Å². The van der Waals surface area contributed by atoms with Crippen molar-refractivity contribution in [2.45, 2.75) is 59.0 Å². The van der Waals surface area contributed by atoms with Crippen LogP contribution >= 0.6 is 34.3 Å². The molecule has 4 N–H and O–H groups in total. The Balaban J connectivity index is 0.835. The second-order valence-electron chi connectivity index (χ2n) is 14.9. The van der Waals surface area contributed by atoms with E-state index in [-0.39, 0.29) is 82.7 Å². The van der Waals surface area contributed by atoms with Crippen LogP contribution in [0.2, 0.25) is 5.02 Å². The van der Waals surface area contributed by atoms with Gasteiger partial charge < -0.3 is 30.6 Å².